The van der Waals surface area contributed by atoms with Crippen LogP contribution in [-0.4, -0.2) is 85.5 Å². The van der Waals surface area contributed by atoms with Crippen LogP contribution < -0.4 is 4.74 Å². The molecule has 252 valence electrons. The molecule has 1 heterocycles. The molecule has 1 saturated heterocycles. The van der Waals surface area contributed by atoms with Gasteiger partial charge in [-0.1, -0.05) is 12.2 Å². The SMILES string of the molecule is C/C=C/c1cc(-c2cc(C(=O)OCC)ccc2F)c(OCCCOC)cc1C(=O)N(C(C)C)[C@@H]1CCCN(C(=O)OC(C)(C)C)C1. The van der Waals surface area contributed by atoms with Crippen molar-refractivity contribution in [2.24, 2.45) is 0 Å². The Morgan fingerprint density at radius 1 is 1.11 bits per heavy atom. The fraction of sp³-hybridized carbons (Fsp3) is 0.528. The van der Waals surface area contributed by atoms with Crippen LogP contribution in [-0.2, 0) is 14.2 Å². The minimum Gasteiger partial charge on any atom is -0.493 e. The van der Waals surface area contributed by atoms with E-state index in [1.807, 2.05) is 52.5 Å². The average molecular weight is 641 g/mol. The highest BCUT2D eigenvalue weighted by atomic mass is 19.1. The van der Waals surface area contributed by atoms with E-state index >= 15 is 4.39 Å². The number of esters is 1. The van der Waals surface area contributed by atoms with Crippen molar-refractivity contribution in [1.82, 2.24) is 9.80 Å². The largest absolute Gasteiger partial charge is 0.493 e. The lowest BCUT2D eigenvalue weighted by atomic mass is 9.94. The Bertz CT molecular complexity index is 1400. The van der Waals surface area contributed by atoms with Crippen LogP contribution in [0.15, 0.2) is 36.4 Å². The van der Waals surface area contributed by atoms with Gasteiger partial charge in [-0.05, 0) is 97.2 Å². The van der Waals surface area contributed by atoms with E-state index in [0.717, 1.165) is 12.8 Å². The third-order valence-electron chi connectivity index (χ3n) is 7.48. The number of benzene rings is 2. The van der Waals surface area contributed by atoms with Gasteiger partial charge in [-0.25, -0.2) is 14.0 Å². The number of allylic oxidation sites excluding steroid dienone is 1. The number of methoxy groups -OCH3 is 1. The minimum absolute atomic E-state index is 0.151. The molecule has 9 nitrogen and oxygen atoms in total. The molecule has 1 fully saturated rings. The number of carbonyl (C=O) groups excluding carboxylic acids is 3. The quantitative estimate of drug-likeness (QED) is 0.177. The number of piperidine rings is 1. The number of halogens is 1. The zero-order chi connectivity index (χ0) is 34.0. The molecule has 2 aromatic carbocycles. The van der Waals surface area contributed by atoms with Gasteiger partial charge in [0.1, 0.15) is 17.2 Å². The topological polar surface area (TPSA) is 94.6 Å². The van der Waals surface area contributed by atoms with Crippen molar-refractivity contribution >= 4 is 24.0 Å². The van der Waals surface area contributed by atoms with Crippen molar-refractivity contribution in [3.63, 3.8) is 0 Å². The smallest absolute Gasteiger partial charge is 0.410 e. The summed E-state index contributed by atoms with van der Waals surface area (Å²) in [6, 6.07) is 7.00. The summed E-state index contributed by atoms with van der Waals surface area (Å²) in [6.07, 6.45) is 5.24. The fourth-order valence-corrected chi connectivity index (χ4v) is 5.52. The Hall–Kier alpha value is -3.92. The second-order valence-electron chi connectivity index (χ2n) is 12.6. The molecule has 46 heavy (non-hydrogen) atoms. The fourth-order valence-electron chi connectivity index (χ4n) is 5.52. The third kappa shape index (κ3) is 9.55. The highest BCUT2D eigenvalue weighted by Crippen LogP contribution is 2.37. The van der Waals surface area contributed by atoms with E-state index in [1.54, 1.807) is 37.1 Å². The zero-order valence-electron chi connectivity index (χ0n) is 28.5. The van der Waals surface area contributed by atoms with Crippen molar-refractivity contribution in [3.8, 4) is 16.9 Å². The molecule has 2 aromatic rings. The summed E-state index contributed by atoms with van der Waals surface area (Å²) in [7, 11) is 1.60. The van der Waals surface area contributed by atoms with E-state index in [0.29, 0.717) is 48.6 Å². The highest BCUT2D eigenvalue weighted by molar-refractivity contribution is 6.00. The predicted octanol–water partition coefficient (Wildman–Crippen LogP) is 7.37. The highest BCUT2D eigenvalue weighted by Gasteiger charge is 2.35. The zero-order valence-corrected chi connectivity index (χ0v) is 28.5. The number of carbonyl (C=O) groups is 3. The van der Waals surface area contributed by atoms with Crippen molar-refractivity contribution < 1.29 is 37.7 Å². The van der Waals surface area contributed by atoms with Gasteiger partial charge in [-0.15, -0.1) is 0 Å². The van der Waals surface area contributed by atoms with E-state index in [9.17, 15) is 14.4 Å². The molecule has 2 amide bonds. The van der Waals surface area contributed by atoms with Crippen molar-refractivity contribution in [2.75, 3.05) is 40.0 Å². The molecular weight excluding hydrogens is 591 g/mol. The summed E-state index contributed by atoms with van der Waals surface area (Å²) in [5.74, 6) is -1.04. The monoisotopic (exact) mass is 640 g/mol. The first-order valence-electron chi connectivity index (χ1n) is 16.0. The number of hydrogen-bond acceptors (Lipinski definition) is 7. The maximum Gasteiger partial charge on any atom is 0.410 e. The first-order chi connectivity index (χ1) is 21.8. The first kappa shape index (κ1) is 36.5. The molecule has 0 aromatic heterocycles. The Kier molecular flexibility index (Phi) is 13.2. The van der Waals surface area contributed by atoms with Gasteiger partial charge in [0.25, 0.3) is 5.91 Å². The molecule has 0 radical (unpaired) electrons. The second-order valence-corrected chi connectivity index (χ2v) is 12.6. The average Bonchev–Trinajstić information content (AvgIpc) is 2.99. The van der Waals surface area contributed by atoms with E-state index in [2.05, 4.69) is 0 Å². The Morgan fingerprint density at radius 3 is 2.48 bits per heavy atom. The van der Waals surface area contributed by atoms with Gasteiger partial charge < -0.3 is 28.7 Å². The van der Waals surface area contributed by atoms with Crippen LogP contribution in [0.4, 0.5) is 9.18 Å². The lowest BCUT2D eigenvalue weighted by Crippen LogP contribution is -2.54. The first-order valence-corrected chi connectivity index (χ1v) is 16.0. The Labute approximate surface area is 272 Å². The van der Waals surface area contributed by atoms with Gasteiger partial charge in [0.2, 0.25) is 0 Å². The predicted molar refractivity (Wildman–Crippen MR) is 177 cm³/mol. The molecule has 1 aliphatic heterocycles. The van der Waals surface area contributed by atoms with Gasteiger partial charge in [0.05, 0.1) is 30.4 Å². The van der Waals surface area contributed by atoms with Gasteiger partial charge in [-0.2, -0.15) is 0 Å². The van der Waals surface area contributed by atoms with Gasteiger partial charge in [-0.3, -0.25) is 4.79 Å². The van der Waals surface area contributed by atoms with Crippen molar-refractivity contribution in [3.05, 3.63) is 58.9 Å². The van der Waals surface area contributed by atoms with Crippen LogP contribution >= 0.6 is 0 Å². The maximum atomic E-state index is 15.4. The molecular formula is C36H49FN2O7. The summed E-state index contributed by atoms with van der Waals surface area (Å²) in [6.45, 7) is 14.7. The third-order valence-corrected chi connectivity index (χ3v) is 7.48. The number of nitrogens with zero attached hydrogens (tertiary/aromatic N) is 2. The molecule has 0 bridgehead atoms. The van der Waals surface area contributed by atoms with Crippen LogP contribution in [0.2, 0.25) is 0 Å². The Morgan fingerprint density at radius 2 is 1.85 bits per heavy atom. The molecule has 0 unspecified atom stereocenters. The number of likely N-dealkylation sites (tertiary alicyclic amines) is 1. The number of ether oxygens (including phenoxy) is 4. The lowest BCUT2D eigenvalue weighted by Gasteiger charge is -2.41. The number of rotatable bonds is 12. The molecule has 0 N–H and O–H groups in total. The molecule has 1 atom stereocenters. The summed E-state index contributed by atoms with van der Waals surface area (Å²) < 4.78 is 37.5. The molecule has 0 spiro atoms. The summed E-state index contributed by atoms with van der Waals surface area (Å²) >= 11 is 0. The number of hydrogen-bond donors (Lipinski definition) is 0. The van der Waals surface area contributed by atoms with Gasteiger partial charge in [0, 0.05) is 50.4 Å². The normalized spacial score (nSPS) is 15.3. The number of amides is 2. The molecule has 1 aliphatic rings. The second kappa shape index (κ2) is 16.6. The summed E-state index contributed by atoms with van der Waals surface area (Å²) in [5, 5.41) is 0. The summed E-state index contributed by atoms with van der Waals surface area (Å²) in [4.78, 5) is 43.4. The standard InChI is InChI=1S/C36H49FN2O7/c1-9-13-25-20-30(29-21-26(15-16-31(29)37)34(41)44-10-2)32(45-19-12-18-43-8)22-28(25)33(40)39(24(3)4)27-14-11-17-38(23-27)35(42)46-36(5,6)7/h9,13,15-16,20-22,24,27H,10-12,14,17-19,23H2,1-8H3/b13-9+/t27-/m1/s1. The van der Waals surface area contributed by atoms with Crippen molar-refractivity contribution in [1.29, 1.82) is 0 Å². The molecule has 10 heteroatoms. The minimum atomic E-state index is -0.629. The van der Waals surface area contributed by atoms with Crippen LogP contribution in [0.3, 0.4) is 0 Å². The molecule has 3 rings (SSSR count). The van der Waals surface area contributed by atoms with E-state index < -0.39 is 23.5 Å². The van der Waals surface area contributed by atoms with E-state index in [1.165, 1.54) is 18.2 Å². The van der Waals surface area contributed by atoms with Gasteiger partial charge >= 0.3 is 12.1 Å². The maximum absolute atomic E-state index is 15.4. The lowest BCUT2D eigenvalue weighted by molar-refractivity contribution is 0.00751. The van der Waals surface area contributed by atoms with Crippen LogP contribution in [0, 0.1) is 5.82 Å². The summed E-state index contributed by atoms with van der Waals surface area (Å²) in [5.41, 5.74) is 1.07. The van der Waals surface area contributed by atoms with Crippen molar-refractivity contribution in [2.45, 2.75) is 85.4 Å². The van der Waals surface area contributed by atoms with Crippen LogP contribution in [0.25, 0.3) is 17.2 Å². The Balaban J connectivity index is 2.11. The van der Waals surface area contributed by atoms with Crippen LogP contribution in [0.1, 0.15) is 94.0 Å². The molecule has 0 aliphatic carbocycles. The van der Waals surface area contributed by atoms with E-state index in [4.69, 9.17) is 18.9 Å². The molecule has 0 saturated carbocycles. The van der Waals surface area contributed by atoms with Gasteiger partial charge in [0.15, 0.2) is 0 Å². The van der Waals surface area contributed by atoms with Crippen LogP contribution in [0.5, 0.6) is 5.75 Å². The van der Waals surface area contributed by atoms with E-state index in [-0.39, 0.29) is 42.3 Å².